The van der Waals surface area contributed by atoms with Crippen molar-refractivity contribution in [3.63, 3.8) is 0 Å². The summed E-state index contributed by atoms with van der Waals surface area (Å²) in [7, 11) is -4.39. The third-order valence-electron chi connectivity index (χ3n) is 4.74. The number of carbonyl (C=O) groups excluding carboxylic acids is 1. The Kier molecular flexibility index (Phi) is 6.65. The zero-order valence-electron chi connectivity index (χ0n) is 16.7. The third kappa shape index (κ3) is 5.46. The van der Waals surface area contributed by atoms with Gasteiger partial charge in [-0.3, -0.25) is 9.79 Å². The van der Waals surface area contributed by atoms with Gasteiger partial charge in [-0.15, -0.1) is 0 Å². The number of sulfone groups is 1. The summed E-state index contributed by atoms with van der Waals surface area (Å²) in [5.74, 6) is -1.17. The number of carbonyl (C=O) groups is 1. The van der Waals surface area contributed by atoms with Gasteiger partial charge in [0.1, 0.15) is 0 Å². The average molecular weight is 470 g/mol. The van der Waals surface area contributed by atoms with Crippen LogP contribution in [0.15, 0.2) is 45.3 Å². The van der Waals surface area contributed by atoms with Crippen molar-refractivity contribution >= 4 is 22.0 Å². The van der Waals surface area contributed by atoms with Crippen LogP contribution in [-0.4, -0.2) is 44.0 Å². The Labute approximate surface area is 175 Å². The molecule has 0 fully saturated rings. The summed E-state index contributed by atoms with van der Waals surface area (Å²) in [6, 6.07) is 2.42. The normalized spacial score (nSPS) is 18.3. The van der Waals surface area contributed by atoms with Crippen LogP contribution in [0.2, 0.25) is 0 Å². The van der Waals surface area contributed by atoms with Crippen LogP contribution in [0.4, 0.5) is 26.3 Å². The number of rotatable bonds is 5. The van der Waals surface area contributed by atoms with Crippen molar-refractivity contribution in [2.45, 2.75) is 55.2 Å². The van der Waals surface area contributed by atoms with Crippen molar-refractivity contribution < 1.29 is 39.6 Å². The largest absolute Gasteiger partial charge is 0.416 e. The van der Waals surface area contributed by atoms with Crippen molar-refractivity contribution in [1.29, 1.82) is 0 Å². The van der Waals surface area contributed by atoms with Gasteiger partial charge in [0.05, 0.1) is 26.8 Å². The second-order valence-corrected chi connectivity index (χ2v) is 10.3. The van der Waals surface area contributed by atoms with Crippen molar-refractivity contribution in [1.82, 2.24) is 5.32 Å². The maximum absolute atomic E-state index is 13.3. The van der Waals surface area contributed by atoms with Crippen molar-refractivity contribution in [3.05, 3.63) is 41.0 Å². The number of hydrogen-bond donors (Lipinski definition) is 1. The predicted octanol–water partition coefficient (Wildman–Crippen LogP) is 4.10. The van der Waals surface area contributed by atoms with Gasteiger partial charge in [0.15, 0.2) is 9.84 Å². The molecule has 0 saturated carbocycles. The van der Waals surface area contributed by atoms with Crippen LogP contribution in [-0.2, 0) is 20.8 Å². The van der Waals surface area contributed by atoms with Gasteiger partial charge in [0.25, 0.3) is 5.91 Å². The van der Waals surface area contributed by atoms with E-state index in [1.54, 1.807) is 0 Å². The minimum Gasteiger partial charge on any atom is -0.350 e. The fourth-order valence-corrected chi connectivity index (χ4v) is 4.28. The molecule has 1 heterocycles. The molecule has 1 atom stereocenters. The second-order valence-electron chi connectivity index (χ2n) is 7.69. The Morgan fingerprint density at radius 3 is 2.29 bits per heavy atom. The fourth-order valence-electron chi connectivity index (χ4n) is 2.84. The molecule has 0 spiro atoms. The highest BCUT2D eigenvalue weighted by molar-refractivity contribution is 7.92. The molecule has 0 bridgehead atoms. The molecule has 0 aromatic heterocycles. The molecule has 0 saturated heterocycles. The molecular weight excluding hydrogens is 450 g/mol. The van der Waals surface area contributed by atoms with Crippen LogP contribution < -0.4 is 5.32 Å². The smallest absolute Gasteiger partial charge is 0.350 e. The summed E-state index contributed by atoms with van der Waals surface area (Å²) in [4.78, 5) is 15.5. The molecular formula is C19H20F6N2O3S. The van der Waals surface area contributed by atoms with E-state index in [-0.39, 0.29) is 0 Å². The Bertz CT molecular complexity index is 1020. The highest BCUT2D eigenvalue weighted by atomic mass is 32.2. The predicted molar refractivity (Wildman–Crippen MR) is 101 cm³/mol. The summed E-state index contributed by atoms with van der Waals surface area (Å²) >= 11 is 0. The van der Waals surface area contributed by atoms with Gasteiger partial charge in [-0.2, -0.15) is 26.3 Å². The Morgan fingerprint density at radius 2 is 1.74 bits per heavy atom. The van der Waals surface area contributed by atoms with E-state index in [1.807, 2.05) is 0 Å². The molecule has 1 aromatic carbocycles. The monoisotopic (exact) mass is 470 g/mol. The minimum absolute atomic E-state index is 0.471. The van der Waals surface area contributed by atoms with Crippen LogP contribution in [0.5, 0.6) is 0 Å². The van der Waals surface area contributed by atoms with E-state index in [9.17, 15) is 39.6 Å². The highest BCUT2D eigenvalue weighted by Crippen LogP contribution is 2.35. The SMILES string of the molecule is CC1CC(C(F)(F)F)=C(C(=O)NCC(C)(C)S(=O)(=O)c2cccc(C(F)(F)F)c2)C=N1. The number of aliphatic imine (C=N–C) groups is 1. The number of benzene rings is 1. The van der Waals surface area contributed by atoms with Crippen LogP contribution in [0.25, 0.3) is 0 Å². The third-order valence-corrected chi connectivity index (χ3v) is 7.22. The summed E-state index contributed by atoms with van der Waals surface area (Å²) in [5.41, 5.74) is -2.97. The molecule has 12 heteroatoms. The van der Waals surface area contributed by atoms with Gasteiger partial charge in [-0.05, 0) is 39.0 Å². The minimum atomic E-state index is -4.77. The number of dihydropyridines is 1. The van der Waals surface area contributed by atoms with Crippen molar-refractivity contribution in [3.8, 4) is 0 Å². The second kappa shape index (κ2) is 8.29. The number of halogens is 6. The summed E-state index contributed by atoms with van der Waals surface area (Å²) < 4.78 is 102. The van der Waals surface area contributed by atoms with E-state index < -0.39 is 73.5 Å². The van der Waals surface area contributed by atoms with E-state index in [2.05, 4.69) is 10.3 Å². The summed E-state index contributed by atoms with van der Waals surface area (Å²) in [6.45, 7) is 3.11. The number of alkyl halides is 6. The topological polar surface area (TPSA) is 75.6 Å². The first-order chi connectivity index (χ1) is 14.0. The van der Waals surface area contributed by atoms with Crippen LogP contribution >= 0.6 is 0 Å². The Balaban J connectivity index is 2.28. The molecule has 1 aromatic rings. The standard InChI is InChI=1S/C19H20F6N2O3S/c1-11-7-15(19(23,24)25)14(9-26-11)16(28)27-10-17(2,3)31(29,30)13-6-4-5-12(8-13)18(20,21)22/h4-6,8-9,11H,7,10H2,1-3H3,(H,27,28). The molecule has 5 nitrogen and oxygen atoms in total. The van der Waals surface area contributed by atoms with E-state index in [4.69, 9.17) is 0 Å². The number of hydrogen-bond acceptors (Lipinski definition) is 4. The van der Waals surface area contributed by atoms with Crippen LogP contribution in [0.3, 0.4) is 0 Å². The number of nitrogens with one attached hydrogen (secondary N) is 1. The van der Waals surface area contributed by atoms with E-state index in [0.717, 1.165) is 32.2 Å². The zero-order chi connectivity index (χ0) is 23.8. The molecule has 1 aliphatic heterocycles. The van der Waals surface area contributed by atoms with E-state index >= 15 is 0 Å². The Morgan fingerprint density at radius 1 is 1.13 bits per heavy atom. The van der Waals surface area contributed by atoms with Gasteiger partial charge in [0.2, 0.25) is 0 Å². The van der Waals surface area contributed by atoms with Gasteiger partial charge >= 0.3 is 12.4 Å². The maximum atomic E-state index is 13.3. The van der Waals surface area contributed by atoms with Gasteiger partial charge in [-0.25, -0.2) is 8.42 Å². The van der Waals surface area contributed by atoms with Crippen LogP contribution in [0, 0.1) is 0 Å². The highest BCUT2D eigenvalue weighted by Gasteiger charge is 2.41. The first kappa shape index (κ1) is 24.9. The molecule has 1 amide bonds. The molecule has 0 radical (unpaired) electrons. The molecule has 0 aliphatic carbocycles. The van der Waals surface area contributed by atoms with Crippen molar-refractivity contribution in [2.24, 2.45) is 4.99 Å². The summed E-state index contributed by atoms with van der Waals surface area (Å²) in [5, 5.41) is 2.14. The average Bonchev–Trinajstić information content (AvgIpc) is 2.64. The molecule has 31 heavy (non-hydrogen) atoms. The fraction of sp³-hybridized carbons (Fsp3) is 0.474. The van der Waals surface area contributed by atoms with E-state index in [0.29, 0.717) is 12.1 Å². The van der Waals surface area contributed by atoms with Crippen molar-refractivity contribution in [2.75, 3.05) is 6.54 Å². The quantitative estimate of drug-likeness (QED) is 0.659. The summed E-state index contributed by atoms with van der Waals surface area (Å²) in [6.07, 6.45) is -9.25. The van der Waals surface area contributed by atoms with Gasteiger partial charge in [-0.1, -0.05) is 6.07 Å². The zero-order valence-corrected chi connectivity index (χ0v) is 17.5. The lowest BCUT2D eigenvalue weighted by molar-refractivity contribution is -0.137. The molecule has 172 valence electrons. The lowest BCUT2D eigenvalue weighted by Crippen LogP contribution is -2.45. The first-order valence-electron chi connectivity index (χ1n) is 9.00. The Hall–Kier alpha value is -2.37. The number of amides is 1. The van der Waals surface area contributed by atoms with E-state index in [1.165, 1.54) is 6.92 Å². The molecule has 2 rings (SSSR count). The maximum Gasteiger partial charge on any atom is 0.416 e. The molecule has 1 aliphatic rings. The number of nitrogens with zero attached hydrogens (tertiary/aromatic N) is 1. The lowest BCUT2D eigenvalue weighted by atomic mass is 9.97. The van der Waals surface area contributed by atoms with Gasteiger partial charge < -0.3 is 5.32 Å². The van der Waals surface area contributed by atoms with Crippen LogP contribution in [0.1, 0.15) is 32.8 Å². The molecule has 1 N–H and O–H groups in total. The first-order valence-corrected chi connectivity index (χ1v) is 10.5. The van der Waals surface area contributed by atoms with Gasteiger partial charge in [0, 0.05) is 24.8 Å². The molecule has 1 unspecified atom stereocenters. The lowest BCUT2D eigenvalue weighted by Gasteiger charge is -2.27.